The van der Waals surface area contributed by atoms with Gasteiger partial charge >= 0.3 is 0 Å². The molecule has 0 aromatic heterocycles. The van der Waals surface area contributed by atoms with Crippen LogP contribution in [0.15, 0.2) is 140 Å². The van der Waals surface area contributed by atoms with Crippen LogP contribution in [0.4, 0.5) is 0 Å². The van der Waals surface area contributed by atoms with Gasteiger partial charge in [0.2, 0.25) is 0 Å². The van der Waals surface area contributed by atoms with Crippen LogP contribution >= 0.6 is 0 Å². The van der Waals surface area contributed by atoms with E-state index in [1.165, 1.54) is 49.0 Å². The van der Waals surface area contributed by atoms with Gasteiger partial charge in [-0.25, -0.2) is 0 Å². The third-order valence-corrected chi connectivity index (χ3v) is 9.43. The van der Waals surface area contributed by atoms with Crippen LogP contribution in [0.5, 0.6) is 0 Å². The Labute approximate surface area is 254 Å². The number of hydrogen-bond donors (Lipinski definition) is 0. The van der Waals surface area contributed by atoms with Crippen molar-refractivity contribution in [1.82, 2.24) is 0 Å². The summed E-state index contributed by atoms with van der Waals surface area (Å²) in [5.41, 5.74) is 6.11. The lowest BCUT2D eigenvalue weighted by Crippen LogP contribution is -2.31. The number of fused-ring (bicyclic) bond motifs is 3. The molecule has 204 valence electrons. The minimum Gasteiger partial charge on any atom is -0.289 e. The molecule has 0 saturated heterocycles. The molecule has 0 bridgehead atoms. The van der Waals surface area contributed by atoms with Crippen LogP contribution in [0.1, 0.15) is 10.4 Å². The summed E-state index contributed by atoms with van der Waals surface area (Å²) in [6, 6.07) is 45.4. The van der Waals surface area contributed by atoms with Crippen molar-refractivity contribution in [3.8, 4) is 22.3 Å². The predicted molar refractivity (Wildman–Crippen MR) is 188 cm³/mol. The monoisotopic (exact) mass is 558 g/mol. The van der Waals surface area contributed by atoms with Crippen molar-refractivity contribution >= 4 is 71.8 Å². The average Bonchev–Trinajstić information content (AvgIpc) is 3.07. The van der Waals surface area contributed by atoms with Gasteiger partial charge in [-0.3, -0.25) is 4.79 Å². The van der Waals surface area contributed by atoms with Crippen molar-refractivity contribution in [2.24, 2.45) is 0 Å². The van der Waals surface area contributed by atoms with E-state index in [9.17, 15) is 4.79 Å². The number of hydrogen-bond acceptors (Lipinski definition) is 1. The molecule has 0 fully saturated rings. The molecule has 1 heteroatoms. The third kappa shape index (κ3) is 3.27. The van der Waals surface area contributed by atoms with Gasteiger partial charge in [0.05, 0.1) is 0 Å². The molecule has 0 N–H and O–H groups in total. The van der Waals surface area contributed by atoms with E-state index in [2.05, 4.69) is 122 Å². The Morgan fingerprint density at radius 1 is 0.500 bits per heavy atom. The highest BCUT2D eigenvalue weighted by molar-refractivity contribution is 6.38. The lowest BCUT2D eigenvalue weighted by Gasteiger charge is -2.22. The molecular formula is C43H26O. The molecule has 44 heavy (non-hydrogen) atoms. The summed E-state index contributed by atoms with van der Waals surface area (Å²) < 4.78 is 0. The highest BCUT2D eigenvalue weighted by Gasteiger charge is 2.25. The minimum atomic E-state index is 0.00835. The first-order valence-corrected chi connectivity index (χ1v) is 15.0. The lowest BCUT2D eigenvalue weighted by atomic mass is 9.80. The lowest BCUT2D eigenvalue weighted by molar-refractivity contribution is 0.105. The van der Waals surface area contributed by atoms with Crippen LogP contribution < -0.4 is 10.4 Å². The van der Waals surface area contributed by atoms with E-state index < -0.39 is 0 Å². The summed E-state index contributed by atoms with van der Waals surface area (Å²) in [5, 5.41) is 13.3. The van der Waals surface area contributed by atoms with Gasteiger partial charge in [-0.15, -0.1) is 0 Å². The van der Waals surface area contributed by atoms with Crippen molar-refractivity contribution in [2.75, 3.05) is 0 Å². The number of Topliss-reactive ketones (excluding diaryl/α,β-unsaturated/α-hetero) is 1. The van der Waals surface area contributed by atoms with E-state index >= 15 is 0 Å². The van der Waals surface area contributed by atoms with E-state index in [1.807, 2.05) is 18.2 Å². The average molecular weight is 559 g/mol. The van der Waals surface area contributed by atoms with Crippen LogP contribution in [-0.4, -0.2) is 5.78 Å². The van der Waals surface area contributed by atoms with Gasteiger partial charge in [-0.2, -0.15) is 0 Å². The van der Waals surface area contributed by atoms with Crippen LogP contribution in [0, 0.1) is 0 Å². The van der Waals surface area contributed by atoms with Crippen LogP contribution in [-0.2, 0) is 0 Å². The van der Waals surface area contributed by atoms with Crippen molar-refractivity contribution in [3.63, 3.8) is 0 Å². The Balaban J connectivity index is 1.48. The Morgan fingerprint density at radius 3 is 1.82 bits per heavy atom. The van der Waals surface area contributed by atoms with Gasteiger partial charge in [0, 0.05) is 21.7 Å². The van der Waals surface area contributed by atoms with Crippen LogP contribution in [0.2, 0.25) is 0 Å². The zero-order chi connectivity index (χ0) is 29.5. The molecule has 1 aliphatic carbocycles. The first-order chi connectivity index (χ1) is 21.6. The topological polar surface area (TPSA) is 17.1 Å². The standard InChI is InChI=1S/C43H26O/c1-3-30-38-25(2)19-20-29-24-37(35-17-10-18-36(43(30)44)42(35)40(29)38)41-33-15-8-6-13-31(33)39(32-14-7-9-16-34(32)41)28-22-21-26-11-4-5-12-27(26)23-28/h3-24H,1-2H2. The molecule has 0 radical (unpaired) electrons. The number of benzene rings is 8. The summed E-state index contributed by atoms with van der Waals surface area (Å²) in [4.78, 5) is 13.9. The SMILES string of the molecule is C=CC1=c2c(=C)ccc3cc(-c4c5ccccc5c(-c5ccc6ccccc6c5)c5ccccc45)c4cccc(c4c23)C1=O. The van der Waals surface area contributed by atoms with Gasteiger partial charge < -0.3 is 0 Å². The molecule has 9 rings (SSSR count). The molecular weight excluding hydrogens is 532 g/mol. The van der Waals surface area contributed by atoms with E-state index in [0.29, 0.717) is 5.57 Å². The first kappa shape index (κ1) is 24.8. The van der Waals surface area contributed by atoms with Crippen molar-refractivity contribution < 1.29 is 4.79 Å². The van der Waals surface area contributed by atoms with E-state index in [-0.39, 0.29) is 5.78 Å². The van der Waals surface area contributed by atoms with Gasteiger partial charge in [0.1, 0.15) is 0 Å². The number of rotatable bonds is 3. The van der Waals surface area contributed by atoms with E-state index in [0.717, 1.165) is 43.1 Å². The molecule has 0 unspecified atom stereocenters. The fraction of sp³-hybridized carbons (Fsp3) is 0. The number of carbonyl (C=O) groups is 1. The molecule has 0 atom stereocenters. The molecule has 0 saturated carbocycles. The summed E-state index contributed by atoms with van der Waals surface area (Å²) in [7, 11) is 0. The Hall–Kier alpha value is -5.79. The molecule has 8 aromatic rings. The largest absolute Gasteiger partial charge is 0.289 e. The number of ketones is 1. The molecule has 8 aromatic carbocycles. The van der Waals surface area contributed by atoms with Gasteiger partial charge in [0.25, 0.3) is 0 Å². The molecule has 0 spiro atoms. The second-order valence-electron chi connectivity index (χ2n) is 11.7. The Bertz CT molecular complexity index is 2650. The fourth-order valence-electron chi connectivity index (χ4n) is 7.56. The molecule has 0 amide bonds. The molecule has 0 aliphatic heterocycles. The fourth-order valence-corrected chi connectivity index (χ4v) is 7.56. The second-order valence-corrected chi connectivity index (χ2v) is 11.7. The molecule has 1 aliphatic rings. The van der Waals surface area contributed by atoms with Crippen molar-refractivity contribution in [2.45, 2.75) is 0 Å². The highest BCUT2D eigenvalue weighted by Crippen LogP contribution is 2.47. The van der Waals surface area contributed by atoms with E-state index in [4.69, 9.17) is 0 Å². The number of allylic oxidation sites excluding steroid dienone is 1. The molecule has 1 nitrogen and oxygen atoms in total. The maximum absolute atomic E-state index is 13.9. The summed E-state index contributed by atoms with van der Waals surface area (Å²) in [6.07, 6.45) is 1.69. The maximum Gasteiger partial charge on any atom is 0.194 e. The Morgan fingerprint density at radius 2 is 1.11 bits per heavy atom. The van der Waals surface area contributed by atoms with Gasteiger partial charge in [0.15, 0.2) is 5.78 Å². The smallest absolute Gasteiger partial charge is 0.194 e. The first-order valence-electron chi connectivity index (χ1n) is 15.0. The number of carbonyl (C=O) groups excluding carboxylic acids is 1. The van der Waals surface area contributed by atoms with Crippen molar-refractivity contribution in [1.29, 1.82) is 0 Å². The van der Waals surface area contributed by atoms with Gasteiger partial charge in [-0.05, 0) is 88.1 Å². The maximum atomic E-state index is 13.9. The summed E-state index contributed by atoms with van der Waals surface area (Å²) in [5.74, 6) is 0.00835. The summed E-state index contributed by atoms with van der Waals surface area (Å²) >= 11 is 0. The minimum absolute atomic E-state index is 0.00835. The van der Waals surface area contributed by atoms with Crippen LogP contribution in [0.3, 0.4) is 0 Å². The normalized spacial score (nSPS) is 12.7. The van der Waals surface area contributed by atoms with Crippen LogP contribution in [0.25, 0.3) is 88.3 Å². The zero-order valence-corrected chi connectivity index (χ0v) is 24.0. The predicted octanol–water partition coefficient (Wildman–Crippen LogP) is 9.73. The highest BCUT2D eigenvalue weighted by atomic mass is 16.1. The third-order valence-electron chi connectivity index (χ3n) is 9.43. The van der Waals surface area contributed by atoms with Crippen molar-refractivity contribution in [3.05, 3.63) is 156 Å². The molecule has 0 heterocycles. The summed E-state index contributed by atoms with van der Waals surface area (Å²) in [6.45, 7) is 8.31. The van der Waals surface area contributed by atoms with Gasteiger partial charge in [-0.1, -0.05) is 134 Å². The Kier molecular flexibility index (Phi) is 5.13. The van der Waals surface area contributed by atoms with E-state index in [1.54, 1.807) is 6.08 Å². The zero-order valence-electron chi connectivity index (χ0n) is 24.0. The second kappa shape index (κ2) is 9.10. The quantitative estimate of drug-likeness (QED) is 0.156.